The summed E-state index contributed by atoms with van der Waals surface area (Å²) >= 11 is 0. The number of anilines is 1. The number of carbonyl (C=O) groups excluding carboxylic acids is 2. The van der Waals surface area contributed by atoms with Crippen molar-refractivity contribution in [1.82, 2.24) is 0 Å². The Kier molecular flexibility index (Phi) is 9.07. The molecule has 2 aromatic carbocycles. The number of aliphatic hydroxyl groups is 2. The molecule has 1 aliphatic carbocycles. The first-order valence-corrected chi connectivity index (χ1v) is 13.5. The van der Waals surface area contributed by atoms with Crippen LogP contribution in [-0.4, -0.2) is 57.0 Å². The van der Waals surface area contributed by atoms with Crippen LogP contribution in [0.5, 0.6) is 5.75 Å². The lowest BCUT2D eigenvalue weighted by atomic mass is 9.67. The number of benzene rings is 2. The van der Waals surface area contributed by atoms with Crippen LogP contribution >= 0.6 is 0 Å². The summed E-state index contributed by atoms with van der Waals surface area (Å²) in [4.78, 5) is 28.2. The summed E-state index contributed by atoms with van der Waals surface area (Å²) < 4.78 is 0. The molecule has 1 fully saturated rings. The van der Waals surface area contributed by atoms with Crippen molar-refractivity contribution >= 4 is 36.2 Å². The van der Waals surface area contributed by atoms with Gasteiger partial charge in [0.1, 0.15) is 5.75 Å². The van der Waals surface area contributed by atoms with Gasteiger partial charge in [-0.2, -0.15) is 0 Å². The SMILES string of the molecule is CCC1=C([C@H](O)CC/C(=C/c2cccc(O)c2)CC)[C@H](CO)[C@@H]2C(=O)N(c3cccc(B(O)O)c3)C(=O)[C@@H]2C1. The number of imide groups is 1. The summed E-state index contributed by atoms with van der Waals surface area (Å²) in [5.41, 5.74) is 3.92. The van der Waals surface area contributed by atoms with E-state index >= 15 is 0 Å². The van der Waals surface area contributed by atoms with Gasteiger partial charge >= 0.3 is 7.12 Å². The molecule has 0 saturated carbocycles. The average molecular weight is 533 g/mol. The Balaban J connectivity index is 1.59. The molecule has 206 valence electrons. The number of hydrogen-bond donors (Lipinski definition) is 5. The van der Waals surface area contributed by atoms with Crippen LogP contribution in [-0.2, 0) is 9.59 Å². The number of phenols is 1. The number of allylic oxidation sites excluding steroid dienone is 2. The van der Waals surface area contributed by atoms with Crippen molar-refractivity contribution in [2.75, 3.05) is 11.5 Å². The monoisotopic (exact) mass is 533 g/mol. The van der Waals surface area contributed by atoms with Crippen LogP contribution in [0.1, 0.15) is 51.5 Å². The van der Waals surface area contributed by atoms with Gasteiger partial charge in [0.15, 0.2) is 0 Å². The molecule has 4 rings (SSSR count). The van der Waals surface area contributed by atoms with Gasteiger partial charge in [0.05, 0.1) is 30.2 Å². The number of hydrogen-bond acceptors (Lipinski definition) is 7. The predicted molar refractivity (Wildman–Crippen MR) is 150 cm³/mol. The Morgan fingerprint density at radius 2 is 1.85 bits per heavy atom. The van der Waals surface area contributed by atoms with E-state index in [2.05, 4.69) is 0 Å². The Labute approximate surface area is 229 Å². The zero-order chi connectivity index (χ0) is 28.3. The second-order valence-electron chi connectivity index (χ2n) is 10.3. The second kappa shape index (κ2) is 12.3. The van der Waals surface area contributed by atoms with Crippen LogP contribution in [0.4, 0.5) is 5.69 Å². The number of carbonyl (C=O) groups is 2. The largest absolute Gasteiger partial charge is 0.508 e. The molecular formula is C30H36BNO7. The quantitative estimate of drug-likeness (QED) is 0.180. The van der Waals surface area contributed by atoms with E-state index in [0.29, 0.717) is 31.3 Å². The van der Waals surface area contributed by atoms with Gasteiger partial charge in [0.25, 0.3) is 0 Å². The lowest BCUT2D eigenvalue weighted by molar-refractivity contribution is -0.123. The molecule has 39 heavy (non-hydrogen) atoms. The fraction of sp³-hybridized carbons (Fsp3) is 0.400. The average Bonchev–Trinajstić information content (AvgIpc) is 3.18. The van der Waals surface area contributed by atoms with E-state index in [1.165, 1.54) is 12.1 Å². The lowest BCUT2D eigenvalue weighted by Gasteiger charge is -2.36. The van der Waals surface area contributed by atoms with Gasteiger partial charge in [-0.15, -0.1) is 0 Å². The summed E-state index contributed by atoms with van der Waals surface area (Å²) in [5, 5.41) is 50.7. The van der Waals surface area contributed by atoms with Gasteiger partial charge in [-0.05, 0) is 73.0 Å². The van der Waals surface area contributed by atoms with E-state index < -0.39 is 36.9 Å². The van der Waals surface area contributed by atoms with Gasteiger partial charge < -0.3 is 25.4 Å². The van der Waals surface area contributed by atoms with Crippen molar-refractivity contribution in [2.45, 2.75) is 52.1 Å². The maximum Gasteiger partial charge on any atom is 0.488 e. The van der Waals surface area contributed by atoms with Crippen LogP contribution < -0.4 is 10.4 Å². The maximum atomic E-state index is 13.6. The Morgan fingerprint density at radius 3 is 2.49 bits per heavy atom. The minimum Gasteiger partial charge on any atom is -0.508 e. The first-order valence-electron chi connectivity index (χ1n) is 13.5. The summed E-state index contributed by atoms with van der Waals surface area (Å²) in [6.45, 7) is 3.60. The normalized spacial score (nSPS) is 22.4. The van der Waals surface area contributed by atoms with Crippen LogP contribution in [0.25, 0.3) is 6.08 Å². The molecule has 4 atom stereocenters. The third kappa shape index (κ3) is 5.87. The number of amides is 2. The van der Waals surface area contributed by atoms with Crippen LogP contribution in [0.15, 0.2) is 65.3 Å². The lowest BCUT2D eigenvalue weighted by Crippen LogP contribution is -2.39. The summed E-state index contributed by atoms with van der Waals surface area (Å²) in [7, 11) is -1.74. The van der Waals surface area contributed by atoms with Crippen LogP contribution in [0.3, 0.4) is 0 Å². The van der Waals surface area contributed by atoms with Crippen molar-refractivity contribution in [3.63, 3.8) is 0 Å². The molecule has 2 aliphatic rings. The topological polar surface area (TPSA) is 139 Å². The molecule has 2 aromatic rings. The molecule has 0 unspecified atom stereocenters. The van der Waals surface area contributed by atoms with Gasteiger partial charge in [0, 0.05) is 5.92 Å². The molecule has 5 N–H and O–H groups in total. The molecule has 1 heterocycles. The van der Waals surface area contributed by atoms with Crippen molar-refractivity contribution in [2.24, 2.45) is 17.8 Å². The summed E-state index contributed by atoms with van der Waals surface area (Å²) in [6.07, 6.45) is 3.77. The van der Waals surface area contributed by atoms with Crippen LogP contribution in [0.2, 0.25) is 0 Å². The third-order valence-corrected chi connectivity index (χ3v) is 8.03. The highest BCUT2D eigenvalue weighted by molar-refractivity contribution is 6.58. The van der Waals surface area contributed by atoms with Gasteiger partial charge in [-0.25, -0.2) is 0 Å². The molecule has 0 bridgehead atoms. The fourth-order valence-electron chi connectivity index (χ4n) is 6.06. The Morgan fingerprint density at radius 1 is 1.10 bits per heavy atom. The highest BCUT2D eigenvalue weighted by Crippen LogP contribution is 2.47. The van der Waals surface area contributed by atoms with Crippen molar-refractivity contribution < 1.29 is 35.0 Å². The van der Waals surface area contributed by atoms with Gasteiger partial charge in [0.2, 0.25) is 11.8 Å². The van der Waals surface area contributed by atoms with Crippen LogP contribution in [0, 0.1) is 17.8 Å². The molecule has 2 amide bonds. The van der Waals surface area contributed by atoms with Gasteiger partial charge in [-0.3, -0.25) is 14.5 Å². The van der Waals surface area contributed by atoms with E-state index in [-0.39, 0.29) is 29.4 Å². The number of fused-ring (bicyclic) bond motifs is 1. The second-order valence-corrected chi connectivity index (χ2v) is 10.3. The Bertz CT molecular complexity index is 1290. The Hall–Kier alpha value is -3.24. The molecular weight excluding hydrogens is 497 g/mol. The molecule has 0 radical (unpaired) electrons. The first kappa shape index (κ1) is 28.8. The van der Waals surface area contributed by atoms with Gasteiger partial charge in [-0.1, -0.05) is 55.3 Å². The standard InChI is InChI=1S/C30H36BNO7/c1-3-18(13-19-7-5-10-23(34)14-19)11-12-26(35)27-20(4-2)15-24-28(25(27)17-33)30(37)32(29(24)36)22-9-6-8-21(16-22)31(38)39/h5-10,13-14,16,24-26,28,33-35,38-39H,3-4,11-12,15,17H2,1-2H3/b18-13+/t24-,25+,26-,28-/m1/s1. The zero-order valence-corrected chi connectivity index (χ0v) is 22.3. The summed E-state index contributed by atoms with van der Waals surface area (Å²) in [6, 6.07) is 13.0. The number of nitrogens with zero attached hydrogens (tertiary/aromatic N) is 1. The molecule has 1 aliphatic heterocycles. The van der Waals surface area contributed by atoms with E-state index in [1.807, 2.05) is 26.0 Å². The number of rotatable bonds is 10. The van der Waals surface area contributed by atoms with Crippen molar-refractivity contribution in [1.29, 1.82) is 0 Å². The number of aromatic hydroxyl groups is 1. The predicted octanol–water partition coefficient (Wildman–Crippen LogP) is 2.53. The van der Waals surface area contributed by atoms with E-state index in [1.54, 1.807) is 30.3 Å². The smallest absolute Gasteiger partial charge is 0.488 e. The van der Waals surface area contributed by atoms with Crippen molar-refractivity contribution in [3.8, 4) is 5.75 Å². The molecule has 0 aromatic heterocycles. The van der Waals surface area contributed by atoms with E-state index in [9.17, 15) is 35.0 Å². The highest BCUT2D eigenvalue weighted by atomic mass is 16.4. The highest BCUT2D eigenvalue weighted by Gasteiger charge is 2.55. The number of aliphatic hydroxyl groups excluding tert-OH is 2. The van der Waals surface area contributed by atoms with Crippen molar-refractivity contribution in [3.05, 3.63) is 70.8 Å². The fourth-order valence-corrected chi connectivity index (χ4v) is 6.06. The number of phenolic OH excluding ortho intramolecular Hbond substituents is 1. The minimum atomic E-state index is -1.74. The van der Waals surface area contributed by atoms with E-state index in [0.717, 1.165) is 28.0 Å². The summed E-state index contributed by atoms with van der Waals surface area (Å²) in [5.74, 6) is -2.80. The molecule has 1 saturated heterocycles. The third-order valence-electron chi connectivity index (χ3n) is 8.03. The van der Waals surface area contributed by atoms with E-state index in [4.69, 9.17) is 0 Å². The molecule has 0 spiro atoms. The molecule has 9 heteroatoms. The minimum absolute atomic E-state index is 0.163. The molecule has 8 nitrogen and oxygen atoms in total. The first-order chi connectivity index (χ1) is 18.7. The zero-order valence-electron chi connectivity index (χ0n) is 22.3. The maximum absolute atomic E-state index is 13.6.